The number of nitrogens with zero attached hydrogens (tertiary/aromatic N) is 2. The second-order valence-corrected chi connectivity index (χ2v) is 4.66. The van der Waals surface area contributed by atoms with Crippen LogP contribution in [-0.4, -0.2) is 22.2 Å². The summed E-state index contributed by atoms with van der Waals surface area (Å²) < 4.78 is 2.70. The zero-order valence-corrected chi connectivity index (χ0v) is 11.0. The lowest BCUT2D eigenvalue weighted by Crippen LogP contribution is -2.28. The summed E-state index contributed by atoms with van der Waals surface area (Å²) in [5.41, 5.74) is 0. The average molecular weight is 321 g/mol. The molecule has 1 aromatic rings. The molecule has 0 atom stereocenters. The first-order chi connectivity index (χ1) is 7.22. The maximum atomic E-state index is 11.4. The Morgan fingerprint density at radius 2 is 2.40 bits per heavy atom. The van der Waals surface area contributed by atoms with Crippen LogP contribution in [0, 0.1) is 3.57 Å². The third-order valence-electron chi connectivity index (χ3n) is 2.01. The molecule has 5 heteroatoms. The number of aromatic nitrogens is 2. The number of rotatable bonds is 6. The lowest BCUT2D eigenvalue weighted by atomic mass is 10.2. The average Bonchev–Trinajstić information content (AvgIpc) is 2.59. The van der Waals surface area contributed by atoms with Crippen molar-refractivity contribution in [3.05, 3.63) is 16.0 Å². The zero-order chi connectivity index (χ0) is 11.1. The van der Waals surface area contributed by atoms with Gasteiger partial charge in [0, 0.05) is 12.7 Å². The first kappa shape index (κ1) is 12.5. The molecule has 0 aliphatic heterocycles. The van der Waals surface area contributed by atoms with Gasteiger partial charge in [0.15, 0.2) is 0 Å². The minimum Gasteiger partial charge on any atom is -0.354 e. The van der Waals surface area contributed by atoms with Gasteiger partial charge in [-0.1, -0.05) is 19.8 Å². The smallest absolute Gasteiger partial charge is 0.241 e. The molecular formula is C10H16IN3O. The van der Waals surface area contributed by atoms with Crippen LogP contribution in [0.15, 0.2) is 12.4 Å². The van der Waals surface area contributed by atoms with Crippen LogP contribution in [0.2, 0.25) is 0 Å². The monoisotopic (exact) mass is 321 g/mol. The van der Waals surface area contributed by atoms with Crippen molar-refractivity contribution in [3.8, 4) is 0 Å². The van der Waals surface area contributed by atoms with E-state index < -0.39 is 0 Å². The Labute approximate surface area is 104 Å². The Balaban J connectivity index is 2.18. The van der Waals surface area contributed by atoms with E-state index in [0.717, 1.165) is 16.5 Å². The SMILES string of the molecule is CCCCCNC(=O)Cn1cc(I)cn1. The number of amides is 1. The van der Waals surface area contributed by atoms with E-state index in [1.54, 1.807) is 10.9 Å². The summed E-state index contributed by atoms with van der Waals surface area (Å²) >= 11 is 2.17. The Hall–Kier alpha value is -0.590. The molecule has 1 rings (SSSR count). The summed E-state index contributed by atoms with van der Waals surface area (Å²) in [7, 11) is 0. The van der Waals surface area contributed by atoms with Crippen LogP contribution < -0.4 is 5.32 Å². The molecule has 84 valence electrons. The van der Waals surface area contributed by atoms with Crippen LogP contribution in [0.1, 0.15) is 26.2 Å². The van der Waals surface area contributed by atoms with Gasteiger partial charge < -0.3 is 5.32 Å². The third kappa shape index (κ3) is 5.15. The summed E-state index contributed by atoms with van der Waals surface area (Å²) in [6.45, 7) is 3.23. The predicted molar refractivity (Wildman–Crippen MR) is 67.5 cm³/mol. The number of hydrogen-bond donors (Lipinski definition) is 1. The van der Waals surface area contributed by atoms with E-state index in [1.807, 2.05) is 6.20 Å². The highest BCUT2D eigenvalue weighted by molar-refractivity contribution is 14.1. The van der Waals surface area contributed by atoms with Gasteiger partial charge in [-0.2, -0.15) is 5.10 Å². The molecule has 0 fully saturated rings. The molecular weight excluding hydrogens is 305 g/mol. The number of hydrogen-bond acceptors (Lipinski definition) is 2. The van der Waals surface area contributed by atoms with Crippen molar-refractivity contribution >= 4 is 28.5 Å². The van der Waals surface area contributed by atoms with Gasteiger partial charge in [-0.15, -0.1) is 0 Å². The van der Waals surface area contributed by atoms with Crippen molar-refractivity contribution in [2.75, 3.05) is 6.54 Å². The minimum atomic E-state index is 0.0330. The summed E-state index contributed by atoms with van der Waals surface area (Å²) in [5.74, 6) is 0.0330. The lowest BCUT2D eigenvalue weighted by molar-refractivity contribution is -0.121. The van der Waals surface area contributed by atoms with Gasteiger partial charge in [-0.3, -0.25) is 9.48 Å². The fraction of sp³-hybridized carbons (Fsp3) is 0.600. The fourth-order valence-corrected chi connectivity index (χ4v) is 1.68. The molecule has 0 aliphatic carbocycles. The quantitative estimate of drug-likeness (QED) is 0.641. The fourth-order valence-electron chi connectivity index (χ4n) is 1.23. The topological polar surface area (TPSA) is 46.9 Å². The third-order valence-corrected chi connectivity index (χ3v) is 2.57. The molecule has 0 saturated carbocycles. The number of nitrogens with one attached hydrogen (secondary N) is 1. The Morgan fingerprint density at radius 3 is 3.00 bits per heavy atom. The van der Waals surface area contributed by atoms with E-state index in [0.29, 0.717) is 6.54 Å². The molecule has 1 heterocycles. The first-order valence-corrected chi connectivity index (χ1v) is 6.25. The van der Waals surface area contributed by atoms with Crippen molar-refractivity contribution in [3.63, 3.8) is 0 Å². The summed E-state index contributed by atoms with van der Waals surface area (Å²) in [4.78, 5) is 11.4. The van der Waals surface area contributed by atoms with E-state index >= 15 is 0 Å². The standard InChI is InChI=1S/C10H16IN3O/c1-2-3-4-5-12-10(15)8-14-7-9(11)6-13-14/h6-7H,2-5,8H2,1H3,(H,12,15). The number of halogens is 1. The predicted octanol–water partition coefficient (Wildman–Crippen LogP) is 1.79. The maximum Gasteiger partial charge on any atom is 0.241 e. The highest BCUT2D eigenvalue weighted by Crippen LogP contribution is 2.00. The molecule has 0 saturated heterocycles. The van der Waals surface area contributed by atoms with Crippen LogP contribution in [-0.2, 0) is 11.3 Å². The molecule has 0 aromatic carbocycles. The van der Waals surface area contributed by atoms with Gasteiger partial charge in [0.25, 0.3) is 0 Å². The van der Waals surface area contributed by atoms with Crippen LogP contribution in [0.5, 0.6) is 0 Å². The molecule has 0 unspecified atom stereocenters. The van der Waals surface area contributed by atoms with E-state index in [-0.39, 0.29) is 5.91 Å². The second kappa shape index (κ2) is 6.81. The lowest BCUT2D eigenvalue weighted by Gasteiger charge is -2.04. The van der Waals surface area contributed by atoms with Gasteiger partial charge in [0.2, 0.25) is 5.91 Å². The molecule has 0 spiro atoms. The molecule has 1 aromatic heterocycles. The largest absolute Gasteiger partial charge is 0.354 e. The Kier molecular flexibility index (Phi) is 5.67. The van der Waals surface area contributed by atoms with Crippen LogP contribution in [0.3, 0.4) is 0 Å². The summed E-state index contributed by atoms with van der Waals surface area (Å²) in [6.07, 6.45) is 6.99. The molecule has 0 aliphatic rings. The normalized spacial score (nSPS) is 10.3. The summed E-state index contributed by atoms with van der Waals surface area (Å²) in [5, 5.41) is 6.92. The molecule has 4 nitrogen and oxygen atoms in total. The van der Waals surface area contributed by atoms with Crippen LogP contribution in [0.25, 0.3) is 0 Å². The van der Waals surface area contributed by atoms with Gasteiger partial charge in [0.1, 0.15) is 6.54 Å². The minimum absolute atomic E-state index is 0.0330. The van der Waals surface area contributed by atoms with Crippen LogP contribution >= 0.6 is 22.6 Å². The molecule has 15 heavy (non-hydrogen) atoms. The zero-order valence-electron chi connectivity index (χ0n) is 8.87. The molecule has 0 radical (unpaired) electrons. The van der Waals surface area contributed by atoms with Crippen molar-refractivity contribution in [1.82, 2.24) is 15.1 Å². The van der Waals surface area contributed by atoms with Crippen molar-refractivity contribution in [2.24, 2.45) is 0 Å². The molecule has 1 amide bonds. The van der Waals surface area contributed by atoms with Gasteiger partial charge in [-0.05, 0) is 29.0 Å². The van der Waals surface area contributed by atoms with E-state index in [4.69, 9.17) is 0 Å². The van der Waals surface area contributed by atoms with E-state index in [2.05, 4.69) is 39.9 Å². The van der Waals surface area contributed by atoms with Gasteiger partial charge in [-0.25, -0.2) is 0 Å². The van der Waals surface area contributed by atoms with E-state index in [9.17, 15) is 4.79 Å². The molecule has 0 bridgehead atoms. The van der Waals surface area contributed by atoms with Crippen molar-refractivity contribution in [2.45, 2.75) is 32.7 Å². The van der Waals surface area contributed by atoms with Gasteiger partial charge in [0.05, 0.1) is 9.77 Å². The Bertz CT molecular complexity index is 311. The summed E-state index contributed by atoms with van der Waals surface area (Å²) in [6, 6.07) is 0. The number of carbonyl (C=O) groups is 1. The first-order valence-electron chi connectivity index (χ1n) is 5.17. The maximum absolute atomic E-state index is 11.4. The van der Waals surface area contributed by atoms with E-state index in [1.165, 1.54) is 12.8 Å². The van der Waals surface area contributed by atoms with Gasteiger partial charge >= 0.3 is 0 Å². The number of carbonyl (C=O) groups excluding carboxylic acids is 1. The van der Waals surface area contributed by atoms with Crippen molar-refractivity contribution in [1.29, 1.82) is 0 Å². The second-order valence-electron chi connectivity index (χ2n) is 3.41. The van der Waals surface area contributed by atoms with Crippen LogP contribution in [0.4, 0.5) is 0 Å². The number of unbranched alkanes of at least 4 members (excludes halogenated alkanes) is 2. The highest BCUT2D eigenvalue weighted by Gasteiger charge is 2.02. The molecule has 1 N–H and O–H groups in total. The Morgan fingerprint density at radius 1 is 1.60 bits per heavy atom. The van der Waals surface area contributed by atoms with Crippen molar-refractivity contribution < 1.29 is 4.79 Å². The highest BCUT2D eigenvalue weighted by atomic mass is 127.